The molecule has 4 nitrogen and oxygen atoms in total. The van der Waals surface area contributed by atoms with Crippen molar-refractivity contribution >= 4 is 29.1 Å². The third-order valence-corrected chi connectivity index (χ3v) is 3.80. The van der Waals surface area contributed by atoms with Crippen LogP contribution >= 0.6 is 11.8 Å². The fourth-order valence-corrected chi connectivity index (χ4v) is 2.38. The van der Waals surface area contributed by atoms with E-state index in [-0.39, 0.29) is 0 Å². The molecule has 0 unspecified atom stereocenters. The molecular formula is C15H20N4S. The maximum absolute atomic E-state index is 4.58. The Labute approximate surface area is 124 Å². The molecule has 20 heavy (non-hydrogen) atoms. The molecule has 2 rings (SSSR count). The molecule has 1 heterocycles. The van der Waals surface area contributed by atoms with E-state index >= 15 is 0 Å². The van der Waals surface area contributed by atoms with Crippen LogP contribution in [0.4, 0.5) is 17.3 Å². The molecule has 0 radical (unpaired) electrons. The Hall–Kier alpha value is -1.75. The zero-order chi connectivity index (χ0) is 14.5. The average Bonchev–Trinajstić information content (AvgIpc) is 2.49. The largest absolute Gasteiger partial charge is 0.373 e. The van der Waals surface area contributed by atoms with Crippen LogP contribution in [0.1, 0.15) is 18.3 Å². The van der Waals surface area contributed by atoms with Crippen molar-refractivity contribution < 1.29 is 0 Å². The predicted octanol–water partition coefficient (Wildman–Crippen LogP) is 3.85. The first-order valence-corrected chi connectivity index (χ1v) is 7.86. The van der Waals surface area contributed by atoms with Gasteiger partial charge < -0.3 is 10.6 Å². The molecule has 0 aliphatic heterocycles. The molecule has 5 heteroatoms. The number of rotatable bonds is 5. The van der Waals surface area contributed by atoms with Crippen LogP contribution in [0.5, 0.6) is 0 Å². The lowest BCUT2D eigenvalue weighted by molar-refractivity contribution is 0.935. The number of aryl methyl sites for hydroxylation is 1. The van der Waals surface area contributed by atoms with Gasteiger partial charge in [0.1, 0.15) is 17.5 Å². The Morgan fingerprint density at radius 3 is 2.60 bits per heavy atom. The summed E-state index contributed by atoms with van der Waals surface area (Å²) >= 11 is 1.73. The van der Waals surface area contributed by atoms with Gasteiger partial charge in [-0.25, -0.2) is 9.97 Å². The van der Waals surface area contributed by atoms with E-state index in [1.54, 1.807) is 11.8 Å². The van der Waals surface area contributed by atoms with Gasteiger partial charge in [0.2, 0.25) is 0 Å². The first-order valence-electron chi connectivity index (χ1n) is 6.64. The number of aromatic nitrogens is 2. The van der Waals surface area contributed by atoms with Gasteiger partial charge in [0.05, 0.1) is 0 Å². The first-order chi connectivity index (χ1) is 9.67. The van der Waals surface area contributed by atoms with E-state index in [1.807, 2.05) is 26.1 Å². The zero-order valence-electron chi connectivity index (χ0n) is 12.3. The van der Waals surface area contributed by atoms with Crippen LogP contribution in [-0.2, 0) is 6.42 Å². The second-order valence-electron chi connectivity index (χ2n) is 4.42. The maximum Gasteiger partial charge on any atom is 0.139 e. The lowest BCUT2D eigenvalue weighted by Gasteiger charge is -2.13. The van der Waals surface area contributed by atoms with E-state index in [4.69, 9.17) is 0 Å². The minimum atomic E-state index is 0.814. The lowest BCUT2D eigenvalue weighted by Crippen LogP contribution is -2.06. The second-order valence-corrected chi connectivity index (χ2v) is 5.30. The summed E-state index contributed by atoms with van der Waals surface area (Å²) in [7, 11) is 1.88. The molecule has 0 saturated carbocycles. The molecule has 0 fully saturated rings. The SMILES string of the molecule is CCc1nc(NC)c(C)c(Nc2cccc(SC)c2)n1. The van der Waals surface area contributed by atoms with Gasteiger partial charge in [-0.2, -0.15) is 0 Å². The molecule has 0 saturated heterocycles. The summed E-state index contributed by atoms with van der Waals surface area (Å²) in [6.45, 7) is 4.08. The number of benzene rings is 1. The molecule has 0 bridgehead atoms. The van der Waals surface area contributed by atoms with Crippen LogP contribution in [0.3, 0.4) is 0 Å². The maximum atomic E-state index is 4.58. The van der Waals surface area contributed by atoms with Gasteiger partial charge in [-0.3, -0.25) is 0 Å². The Bertz CT molecular complexity index is 598. The summed E-state index contributed by atoms with van der Waals surface area (Å²) in [5.41, 5.74) is 2.07. The molecule has 2 aromatic rings. The van der Waals surface area contributed by atoms with E-state index in [0.29, 0.717) is 0 Å². The molecular weight excluding hydrogens is 268 g/mol. The predicted molar refractivity (Wildman–Crippen MR) is 87.2 cm³/mol. The molecule has 1 aromatic carbocycles. The number of nitrogens with one attached hydrogen (secondary N) is 2. The highest BCUT2D eigenvalue weighted by molar-refractivity contribution is 7.98. The van der Waals surface area contributed by atoms with Crippen molar-refractivity contribution in [2.24, 2.45) is 0 Å². The van der Waals surface area contributed by atoms with Gasteiger partial charge in [-0.05, 0) is 31.4 Å². The van der Waals surface area contributed by atoms with Gasteiger partial charge in [0, 0.05) is 29.6 Å². The molecule has 0 amide bonds. The summed E-state index contributed by atoms with van der Waals surface area (Å²) in [4.78, 5) is 10.3. The highest BCUT2D eigenvalue weighted by Crippen LogP contribution is 2.25. The van der Waals surface area contributed by atoms with Crippen LogP contribution in [-0.4, -0.2) is 23.3 Å². The van der Waals surface area contributed by atoms with Crippen molar-refractivity contribution in [1.29, 1.82) is 0 Å². The molecule has 0 atom stereocenters. The molecule has 0 aliphatic rings. The van der Waals surface area contributed by atoms with Crippen molar-refractivity contribution in [1.82, 2.24) is 9.97 Å². The number of nitrogens with zero attached hydrogens (tertiary/aromatic N) is 2. The lowest BCUT2D eigenvalue weighted by atomic mass is 10.2. The second kappa shape index (κ2) is 6.61. The fourth-order valence-electron chi connectivity index (χ4n) is 1.92. The van der Waals surface area contributed by atoms with Crippen LogP contribution in [0.2, 0.25) is 0 Å². The van der Waals surface area contributed by atoms with Gasteiger partial charge in [-0.15, -0.1) is 11.8 Å². The first kappa shape index (κ1) is 14.7. The molecule has 1 aromatic heterocycles. The average molecular weight is 288 g/mol. The highest BCUT2D eigenvalue weighted by Gasteiger charge is 2.09. The molecule has 0 spiro atoms. The smallest absolute Gasteiger partial charge is 0.139 e. The van der Waals surface area contributed by atoms with Gasteiger partial charge in [-0.1, -0.05) is 13.0 Å². The van der Waals surface area contributed by atoms with Crippen molar-refractivity contribution in [3.63, 3.8) is 0 Å². The van der Waals surface area contributed by atoms with Crippen molar-refractivity contribution in [2.75, 3.05) is 23.9 Å². The number of hydrogen-bond acceptors (Lipinski definition) is 5. The summed E-state index contributed by atoms with van der Waals surface area (Å²) in [5, 5.41) is 6.52. The Morgan fingerprint density at radius 1 is 1.20 bits per heavy atom. The number of hydrogen-bond donors (Lipinski definition) is 2. The summed E-state index contributed by atoms with van der Waals surface area (Å²) in [5.74, 6) is 2.57. The monoisotopic (exact) mass is 288 g/mol. The molecule has 0 aliphatic carbocycles. The van der Waals surface area contributed by atoms with E-state index < -0.39 is 0 Å². The summed E-state index contributed by atoms with van der Waals surface area (Å²) in [6.07, 6.45) is 2.89. The summed E-state index contributed by atoms with van der Waals surface area (Å²) < 4.78 is 0. The van der Waals surface area contributed by atoms with E-state index in [9.17, 15) is 0 Å². The van der Waals surface area contributed by atoms with Gasteiger partial charge >= 0.3 is 0 Å². The standard InChI is InChI=1S/C15H20N4S/c1-5-13-18-14(16-3)10(2)15(19-13)17-11-7-6-8-12(9-11)20-4/h6-9H,5H2,1-4H3,(H2,16,17,18,19). The number of thioether (sulfide) groups is 1. The van der Waals surface area contributed by atoms with Crippen LogP contribution in [0, 0.1) is 6.92 Å². The highest BCUT2D eigenvalue weighted by atomic mass is 32.2. The molecule has 106 valence electrons. The fraction of sp³-hybridized carbons (Fsp3) is 0.333. The Kier molecular flexibility index (Phi) is 4.84. The van der Waals surface area contributed by atoms with Gasteiger partial charge in [0.15, 0.2) is 0 Å². The third-order valence-electron chi connectivity index (χ3n) is 3.08. The van der Waals surface area contributed by atoms with Crippen LogP contribution in [0.25, 0.3) is 0 Å². The topological polar surface area (TPSA) is 49.8 Å². The van der Waals surface area contributed by atoms with E-state index in [2.05, 4.69) is 45.9 Å². The van der Waals surface area contributed by atoms with Crippen molar-refractivity contribution in [3.05, 3.63) is 35.7 Å². The quantitative estimate of drug-likeness (QED) is 0.818. The Balaban J connectivity index is 2.36. The van der Waals surface area contributed by atoms with Crippen molar-refractivity contribution in [2.45, 2.75) is 25.2 Å². The third kappa shape index (κ3) is 3.22. The minimum absolute atomic E-state index is 0.814. The molecule has 2 N–H and O–H groups in total. The van der Waals surface area contributed by atoms with E-state index in [1.165, 1.54) is 4.90 Å². The van der Waals surface area contributed by atoms with Crippen molar-refractivity contribution in [3.8, 4) is 0 Å². The minimum Gasteiger partial charge on any atom is -0.373 e. The normalized spacial score (nSPS) is 10.4. The van der Waals surface area contributed by atoms with Gasteiger partial charge in [0.25, 0.3) is 0 Å². The van der Waals surface area contributed by atoms with E-state index in [0.717, 1.165) is 35.1 Å². The zero-order valence-corrected chi connectivity index (χ0v) is 13.1. The Morgan fingerprint density at radius 2 is 1.95 bits per heavy atom. The summed E-state index contributed by atoms with van der Waals surface area (Å²) in [6, 6.07) is 8.31. The van der Waals surface area contributed by atoms with Crippen LogP contribution in [0.15, 0.2) is 29.2 Å². The number of anilines is 3. The van der Waals surface area contributed by atoms with Crippen LogP contribution < -0.4 is 10.6 Å².